The SMILES string of the molecule is O=C(CC(Cc1cccc2ccccc12)C(=O)N1C(=O)OCC1Cc1ccccc1)N1CCOCC1. The minimum Gasteiger partial charge on any atom is -0.447 e. The lowest BCUT2D eigenvalue weighted by Gasteiger charge is -2.30. The summed E-state index contributed by atoms with van der Waals surface area (Å²) < 4.78 is 10.7. The van der Waals surface area contributed by atoms with E-state index in [1.165, 1.54) is 4.90 Å². The Morgan fingerprint density at radius 3 is 2.44 bits per heavy atom. The molecule has 36 heavy (non-hydrogen) atoms. The number of ether oxygens (including phenoxy) is 2. The molecule has 0 radical (unpaired) electrons. The maximum Gasteiger partial charge on any atom is 0.416 e. The second-order valence-corrected chi connectivity index (χ2v) is 9.37. The lowest BCUT2D eigenvalue weighted by Crippen LogP contribution is -2.47. The third-order valence-corrected chi connectivity index (χ3v) is 6.99. The standard InChI is InChI=1S/C29H30N2O5/c32-27(30-13-15-35-16-14-30)19-24(18-23-11-6-10-22-9-4-5-12-26(22)23)28(33)31-25(20-36-29(31)34)17-21-7-2-1-3-8-21/h1-12,24-25H,13-20H2. The number of hydrogen-bond donors (Lipinski definition) is 0. The Bertz CT molecular complexity index is 1230. The van der Waals surface area contributed by atoms with Gasteiger partial charge in [0.15, 0.2) is 0 Å². The van der Waals surface area contributed by atoms with Crippen LogP contribution in [0.3, 0.4) is 0 Å². The summed E-state index contributed by atoms with van der Waals surface area (Å²) >= 11 is 0. The van der Waals surface area contributed by atoms with Crippen LogP contribution in [0.25, 0.3) is 10.8 Å². The van der Waals surface area contributed by atoms with Gasteiger partial charge in [0.05, 0.1) is 25.2 Å². The second kappa shape index (κ2) is 10.9. The molecule has 2 aliphatic heterocycles. The van der Waals surface area contributed by atoms with E-state index < -0.39 is 18.1 Å². The number of imide groups is 1. The second-order valence-electron chi connectivity index (χ2n) is 9.37. The average molecular weight is 487 g/mol. The summed E-state index contributed by atoms with van der Waals surface area (Å²) in [5, 5.41) is 2.12. The van der Waals surface area contributed by atoms with Crippen molar-refractivity contribution in [2.24, 2.45) is 5.92 Å². The van der Waals surface area contributed by atoms with Crippen molar-refractivity contribution in [1.29, 1.82) is 0 Å². The first-order valence-corrected chi connectivity index (χ1v) is 12.5. The minimum atomic E-state index is -0.685. The van der Waals surface area contributed by atoms with Gasteiger partial charge in [-0.25, -0.2) is 9.69 Å². The lowest BCUT2D eigenvalue weighted by molar-refractivity contribution is -0.142. The van der Waals surface area contributed by atoms with E-state index in [2.05, 4.69) is 0 Å². The van der Waals surface area contributed by atoms with Gasteiger partial charge in [0.2, 0.25) is 11.8 Å². The molecule has 3 amide bonds. The number of rotatable bonds is 7. The Balaban J connectivity index is 1.42. The Kier molecular flexibility index (Phi) is 7.28. The summed E-state index contributed by atoms with van der Waals surface area (Å²) in [4.78, 5) is 42.9. The highest BCUT2D eigenvalue weighted by atomic mass is 16.6. The van der Waals surface area contributed by atoms with Gasteiger partial charge in [-0.15, -0.1) is 0 Å². The first kappa shape index (κ1) is 24.0. The van der Waals surface area contributed by atoms with Gasteiger partial charge in [-0.1, -0.05) is 72.8 Å². The van der Waals surface area contributed by atoms with Crippen molar-refractivity contribution in [3.63, 3.8) is 0 Å². The van der Waals surface area contributed by atoms with Gasteiger partial charge in [0.1, 0.15) is 6.61 Å². The van der Waals surface area contributed by atoms with Gasteiger partial charge < -0.3 is 14.4 Å². The fraction of sp³-hybridized carbons (Fsp3) is 0.345. The van der Waals surface area contributed by atoms with Crippen LogP contribution in [-0.2, 0) is 31.9 Å². The van der Waals surface area contributed by atoms with E-state index in [1.807, 2.05) is 72.8 Å². The van der Waals surface area contributed by atoms with Crippen LogP contribution in [0.5, 0.6) is 0 Å². The number of fused-ring (bicyclic) bond motifs is 1. The molecule has 3 aromatic rings. The highest BCUT2D eigenvalue weighted by molar-refractivity contribution is 5.97. The van der Waals surface area contributed by atoms with Crippen LogP contribution in [0.4, 0.5) is 4.79 Å². The molecule has 7 heteroatoms. The maximum atomic E-state index is 13.9. The van der Waals surface area contributed by atoms with Crippen molar-refractivity contribution in [3.05, 3.63) is 83.9 Å². The molecule has 0 spiro atoms. The molecule has 0 bridgehead atoms. The fourth-order valence-corrected chi connectivity index (χ4v) is 5.10. The van der Waals surface area contributed by atoms with Crippen molar-refractivity contribution in [3.8, 4) is 0 Å². The first-order chi connectivity index (χ1) is 17.6. The zero-order chi connectivity index (χ0) is 24.9. The van der Waals surface area contributed by atoms with E-state index in [9.17, 15) is 14.4 Å². The third-order valence-electron chi connectivity index (χ3n) is 6.99. The van der Waals surface area contributed by atoms with Gasteiger partial charge in [-0.2, -0.15) is 0 Å². The van der Waals surface area contributed by atoms with Gasteiger partial charge >= 0.3 is 6.09 Å². The summed E-state index contributed by atoms with van der Waals surface area (Å²) in [7, 11) is 0. The molecule has 0 aromatic heterocycles. The minimum absolute atomic E-state index is 0.0316. The molecule has 2 heterocycles. The quantitative estimate of drug-likeness (QED) is 0.507. The molecule has 0 aliphatic carbocycles. The zero-order valence-corrected chi connectivity index (χ0v) is 20.2. The third kappa shape index (κ3) is 5.26. The van der Waals surface area contributed by atoms with Crippen molar-refractivity contribution < 1.29 is 23.9 Å². The number of carbonyl (C=O) groups excluding carboxylic acids is 3. The molecular formula is C29H30N2O5. The normalized spacial score (nSPS) is 18.8. The number of benzene rings is 3. The van der Waals surface area contributed by atoms with Crippen LogP contribution in [0, 0.1) is 5.92 Å². The number of hydrogen-bond acceptors (Lipinski definition) is 5. The van der Waals surface area contributed by atoms with Crippen molar-refractivity contribution in [2.45, 2.75) is 25.3 Å². The molecule has 2 aliphatic rings. The summed E-state index contributed by atoms with van der Waals surface area (Å²) in [6.07, 6.45) is 0.265. The van der Waals surface area contributed by atoms with Gasteiger partial charge in [0, 0.05) is 19.5 Å². The van der Waals surface area contributed by atoms with Crippen LogP contribution < -0.4 is 0 Å². The highest BCUT2D eigenvalue weighted by Crippen LogP contribution is 2.27. The maximum absolute atomic E-state index is 13.9. The average Bonchev–Trinajstić information content (AvgIpc) is 3.28. The van der Waals surface area contributed by atoms with Crippen LogP contribution in [-0.4, -0.2) is 66.7 Å². The Morgan fingerprint density at radius 2 is 1.64 bits per heavy atom. The molecule has 5 rings (SSSR count). The molecule has 2 fully saturated rings. The summed E-state index contributed by atoms with van der Waals surface area (Å²) in [5.41, 5.74) is 2.00. The molecule has 7 nitrogen and oxygen atoms in total. The smallest absolute Gasteiger partial charge is 0.416 e. The van der Waals surface area contributed by atoms with Crippen molar-refractivity contribution in [2.75, 3.05) is 32.9 Å². The number of cyclic esters (lactones) is 1. The predicted octanol–water partition coefficient (Wildman–Crippen LogP) is 3.84. The topological polar surface area (TPSA) is 76.2 Å². The number of carbonyl (C=O) groups is 3. The summed E-state index contributed by atoms with van der Waals surface area (Å²) in [6, 6.07) is 23.3. The number of morpholine rings is 1. The van der Waals surface area contributed by atoms with E-state index >= 15 is 0 Å². The Morgan fingerprint density at radius 1 is 0.917 bits per heavy atom. The lowest BCUT2D eigenvalue weighted by atomic mass is 9.90. The van der Waals surface area contributed by atoms with Crippen LogP contribution in [0.2, 0.25) is 0 Å². The largest absolute Gasteiger partial charge is 0.447 e. The van der Waals surface area contributed by atoms with Crippen LogP contribution in [0.1, 0.15) is 17.5 Å². The Labute approximate surface area is 210 Å². The van der Waals surface area contributed by atoms with Crippen molar-refractivity contribution in [1.82, 2.24) is 9.80 Å². The van der Waals surface area contributed by atoms with E-state index in [-0.39, 0.29) is 24.8 Å². The van der Waals surface area contributed by atoms with Gasteiger partial charge in [-0.3, -0.25) is 9.59 Å². The molecule has 0 N–H and O–H groups in total. The van der Waals surface area contributed by atoms with E-state index in [0.717, 1.165) is 21.9 Å². The Hall–Kier alpha value is -3.71. The zero-order valence-electron chi connectivity index (χ0n) is 20.2. The molecule has 0 saturated carbocycles. The molecule has 2 unspecified atom stereocenters. The molecule has 186 valence electrons. The van der Waals surface area contributed by atoms with Crippen molar-refractivity contribution >= 4 is 28.7 Å². The van der Waals surface area contributed by atoms with E-state index in [4.69, 9.17) is 9.47 Å². The summed E-state index contributed by atoms with van der Waals surface area (Å²) in [5.74, 6) is -1.13. The molecule has 2 saturated heterocycles. The van der Waals surface area contributed by atoms with Gasteiger partial charge in [0.25, 0.3) is 0 Å². The fourth-order valence-electron chi connectivity index (χ4n) is 5.10. The molecule has 3 aromatic carbocycles. The van der Waals surface area contributed by atoms with Crippen LogP contribution in [0.15, 0.2) is 72.8 Å². The van der Waals surface area contributed by atoms with Crippen LogP contribution >= 0.6 is 0 Å². The highest BCUT2D eigenvalue weighted by Gasteiger charge is 2.41. The monoisotopic (exact) mass is 486 g/mol. The van der Waals surface area contributed by atoms with E-state index in [1.54, 1.807) is 4.90 Å². The van der Waals surface area contributed by atoms with E-state index in [0.29, 0.717) is 39.1 Å². The number of amides is 3. The molecule has 2 atom stereocenters. The summed E-state index contributed by atoms with van der Waals surface area (Å²) in [6.45, 7) is 2.15. The molecular weight excluding hydrogens is 456 g/mol. The number of nitrogens with zero attached hydrogens (tertiary/aromatic N) is 2. The first-order valence-electron chi connectivity index (χ1n) is 12.5. The van der Waals surface area contributed by atoms with Gasteiger partial charge in [-0.05, 0) is 34.7 Å². The predicted molar refractivity (Wildman–Crippen MR) is 135 cm³/mol.